The number of carboxylic acid groups (broad SMARTS) is 1. The molecular formula is C4H10O5. The molecule has 0 atom stereocenters. The Morgan fingerprint density at radius 1 is 1.33 bits per heavy atom. The Hall–Kier alpha value is -0.650. The maximum Gasteiger partial charge on any atom is 0.300 e. The van der Waals surface area contributed by atoms with Crippen LogP contribution >= 0.6 is 0 Å². The summed E-state index contributed by atoms with van der Waals surface area (Å²) in [6.07, 6.45) is 0. The molecule has 9 heavy (non-hydrogen) atoms. The van der Waals surface area contributed by atoms with Crippen LogP contribution in [-0.4, -0.2) is 25.3 Å². The summed E-state index contributed by atoms with van der Waals surface area (Å²) in [5.74, 6) is -0.833. The molecule has 0 aromatic heterocycles. The van der Waals surface area contributed by atoms with E-state index in [9.17, 15) is 0 Å². The lowest BCUT2D eigenvalue weighted by Crippen LogP contribution is -1.82. The van der Waals surface area contributed by atoms with E-state index >= 15 is 0 Å². The van der Waals surface area contributed by atoms with Crippen LogP contribution in [0.25, 0.3) is 0 Å². The highest BCUT2D eigenvalue weighted by Crippen LogP contribution is 1.64. The van der Waals surface area contributed by atoms with E-state index in [-0.39, 0.29) is 0 Å². The molecular weight excluding hydrogens is 128 g/mol. The van der Waals surface area contributed by atoms with Gasteiger partial charge in [-0.25, -0.2) is 9.78 Å². The Bertz CT molecular complexity index is 56.0. The predicted octanol–water partition coefficient (Wildman–Crippen LogP) is 0.217. The summed E-state index contributed by atoms with van der Waals surface area (Å²) in [7, 11) is 2.73. The zero-order valence-electron chi connectivity index (χ0n) is 5.58. The van der Waals surface area contributed by atoms with Crippen molar-refractivity contribution >= 4 is 5.97 Å². The normalized spacial score (nSPS) is 7.44. The van der Waals surface area contributed by atoms with Crippen LogP contribution in [0.3, 0.4) is 0 Å². The molecule has 0 aliphatic carbocycles. The summed E-state index contributed by atoms with van der Waals surface area (Å²) in [4.78, 5) is 16.9. The Labute approximate surface area is 53.0 Å². The number of aliphatic carboxylic acids is 1. The summed E-state index contributed by atoms with van der Waals surface area (Å²) in [6, 6.07) is 0. The van der Waals surface area contributed by atoms with Crippen molar-refractivity contribution in [2.75, 3.05) is 14.2 Å². The van der Waals surface area contributed by atoms with Crippen LogP contribution in [0.5, 0.6) is 0 Å². The van der Waals surface area contributed by atoms with E-state index in [2.05, 4.69) is 14.8 Å². The third kappa shape index (κ3) is 115. The molecule has 0 aromatic rings. The van der Waals surface area contributed by atoms with E-state index in [1.54, 1.807) is 0 Å². The largest absolute Gasteiger partial charge is 0.481 e. The van der Waals surface area contributed by atoms with Crippen LogP contribution < -0.4 is 0 Å². The average molecular weight is 138 g/mol. The molecule has 0 saturated heterocycles. The standard InChI is InChI=1S/C2H6O3.C2H4O2/c1-3-5-4-2;1-2(3)4/h1-2H3;1H3,(H,3,4). The van der Waals surface area contributed by atoms with E-state index in [0.29, 0.717) is 0 Å². The third-order valence-electron chi connectivity index (χ3n) is 0.136. The third-order valence-corrected chi connectivity index (χ3v) is 0.136. The van der Waals surface area contributed by atoms with Gasteiger partial charge in [0.2, 0.25) is 0 Å². The highest BCUT2D eigenvalue weighted by molar-refractivity contribution is 5.62. The second-order valence-electron chi connectivity index (χ2n) is 0.920. The molecule has 0 aliphatic heterocycles. The van der Waals surface area contributed by atoms with Gasteiger partial charge >= 0.3 is 0 Å². The fraction of sp³-hybridized carbons (Fsp3) is 0.750. The van der Waals surface area contributed by atoms with Gasteiger partial charge in [0.05, 0.1) is 14.2 Å². The highest BCUT2D eigenvalue weighted by Gasteiger charge is 1.65. The van der Waals surface area contributed by atoms with Gasteiger partial charge in [-0.1, -0.05) is 5.04 Å². The fourth-order valence-electron chi connectivity index (χ4n) is 0.0680. The van der Waals surface area contributed by atoms with Crippen molar-refractivity contribution in [2.24, 2.45) is 0 Å². The van der Waals surface area contributed by atoms with E-state index in [0.717, 1.165) is 6.92 Å². The van der Waals surface area contributed by atoms with Gasteiger partial charge in [0.1, 0.15) is 0 Å². The fourth-order valence-corrected chi connectivity index (χ4v) is 0.0680. The zero-order chi connectivity index (χ0) is 7.70. The first-order chi connectivity index (χ1) is 4.15. The van der Waals surface area contributed by atoms with Gasteiger partial charge in [0.15, 0.2) is 0 Å². The minimum atomic E-state index is -0.833. The molecule has 0 unspecified atom stereocenters. The second kappa shape index (κ2) is 10.4. The topological polar surface area (TPSA) is 65.0 Å². The van der Waals surface area contributed by atoms with Crippen molar-refractivity contribution < 1.29 is 24.7 Å². The summed E-state index contributed by atoms with van der Waals surface area (Å²) in [5.41, 5.74) is 0. The second-order valence-corrected chi connectivity index (χ2v) is 0.920. The van der Waals surface area contributed by atoms with Crippen LogP contribution in [-0.2, 0) is 19.6 Å². The summed E-state index contributed by atoms with van der Waals surface area (Å²) >= 11 is 0. The van der Waals surface area contributed by atoms with Gasteiger partial charge in [0.25, 0.3) is 5.97 Å². The van der Waals surface area contributed by atoms with Crippen molar-refractivity contribution in [3.8, 4) is 0 Å². The molecule has 0 saturated carbocycles. The Kier molecular flexibility index (Phi) is 12.9. The molecule has 0 bridgehead atoms. The van der Waals surface area contributed by atoms with Gasteiger partial charge in [-0.15, -0.1) is 0 Å². The molecule has 0 heterocycles. The number of rotatable bonds is 2. The number of hydrogen-bond donors (Lipinski definition) is 1. The molecule has 0 rings (SSSR count). The number of carbonyl (C=O) groups is 1. The van der Waals surface area contributed by atoms with E-state index in [4.69, 9.17) is 9.90 Å². The lowest BCUT2D eigenvalue weighted by molar-refractivity contribution is -0.491. The molecule has 0 spiro atoms. The molecule has 0 fully saturated rings. The molecule has 0 aliphatic rings. The van der Waals surface area contributed by atoms with E-state index in [1.165, 1.54) is 14.2 Å². The van der Waals surface area contributed by atoms with Gasteiger partial charge in [-0.05, 0) is 0 Å². The Balaban J connectivity index is 0. The van der Waals surface area contributed by atoms with Gasteiger partial charge in [0, 0.05) is 6.92 Å². The van der Waals surface area contributed by atoms with Crippen molar-refractivity contribution in [1.82, 2.24) is 0 Å². The number of hydrogen-bond acceptors (Lipinski definition) is 4. The maximum absolute atomic E-state index is 9.00. The highest BCUT2D eigenvalue weighted by atomic mass is 17.5. The molecule has 56 valence electrons. The molecule has 5 nitrogen and oxygen atoms in total. The van der Waals surface area contributed by atoms with Crippen LogP contribution in [0.1, 0.15) is 6.92 Å². The Morgan fingerprint density at radius 2 is 1.56 bits per heavy atom. The van der Waals surface area contributed by atoms with Gasteiger partial charge < -0.3 is 5.11 Å². The first kappa shape index (κ1) is 11.2. The van der Waals surface area contributed by atoms with Crippen LogP contribution in [0.4, 0.5) is 0 Å². The monoisotopic (exact) mass is 138 g/mol. The summed E-state index contributed by atoms with van der Waals surface area (Å²) in [5, 5.41) is 11.2. The molecule has 5 heteroatoms. The van der Waals surface area contributed by atoms with Gasteiger partial charge in [-0.2, -0.15) is 0 Å². The summed E-state index contributed by atoms with van der Waals surface area (Å²) < 4.78 is 0. The van der Waals surface area contributed by atoms with Crippen molar-refractivity contribution in [1.29, 1.82) is 0 Å². The predicted molar refractivity (Wildman–Crippen MR) is 28.4 cm³/mol. The SMILES string of the molecule is CC(=O)O.COOOC. The molecule has 0 aromatic carbocycles. The summed E-state index contributed by atoms with van der Waals surface area (Å²) in [6.45, 7) is 1.08. The first-order valence-electron chi connectivity index (χ1n) is 2.08. The van der Waals surface area contributed by atoms with Crippen molar-refractivity contribution in [3.63, 3.8) is 0 Å². The smallest absolute Gasteiger partial charge is 0.300 e. The minimum Gasteiger partial charge on any atom is -0.481 e. The lowest BCUT2D eigenvalue weighted by Gasteiger charge is -1.85. The quantitative estimate of drug-likeness (QED) is 0.436. The molecule has 0 amide bonds. The molecule has 1 N–H and O–H groups in total. The lowest BCUT2D eigenvalue weighted by atomic mass is 10.9. The van der Waals surface area contributed by atoms with Gasteiger partial charge in [-0.3, -0.25) is 4.79 Å². The van der Waals surface area contributed by atoms with E-state index < -0.39 is 5.97 Å². The zero-order valence-corrected chi connectivity index (χ0v) is 5.58. The van der Waals surface area contributed by atoms with Crippen LogP contribution in [0, 0.1) is 0 Å². The minimum absolute atomic E-state index is 0.833. The number of carboxylic acids is 1. The van der Waals surface area contributed by atoms with Crippen LogP contribution in [0.15, 0.2) is 0 Å². The Morgan fingerprint density at radius 3 is 1.56 bits per heavy atom. The van der Waals surface area contributed by atoms with E-state index in [1.807, 2.05) is 0 Å². The first-order valence-corrected chi connectivity index (χ1v) is 2.08. The average Bonchev–Trinajstić information content (AvgIpc) is 1.66. The van der Waals surface area contributed by atoms with Crippen molar-refractivity contribution in [2.45, 2.75) is 6.92 Å². The maximum atomic E-state index is 9.00. The molecule has 0 radical (unpaired) electrons. The van der Waals surface area contributed by atoms with Crippen molar-refractivity contribution in [3.05, 3.63) is 0 Å². The van der Waals surface area contributed by atoms with Crippen LogP contribution in [0.2, 0.25) is 0 Å².